The number of carbonyl (C=O) groups is 3. The van der Waals surface area contributed by atoms with E-state index in [0.717, 1.165) is 60.8 Å². The van der Waals surface area contributed by atoms with Crippen molar-refractivity contribution in [3.05, 3.63) is 124 Å². The third-order valence-corrected chi connectivity index (χ3v) is 11.3. The third-order valence-electron chi connectivity index (χ3n) is 10.1. The van der Waals surface area contributed by atoms with Crippen LogP contribution in [0.25, 0.3) is 10.4 Å². The van der Waals surface area contributed by atoms with Gasteiger partial charge in [-0.25, -0.2) is 9.37 Å². The Morgan fingerprint density at radius 1 is 0.902 bits per heavy atom. The number of aryl methyl sites for hydroxylation is 1. The number of aromatic nitrogens is 1. The number of thiophene rings is 1. The minimum absolute atomic E-state index is 0.169. The van der Waals surface area contributed by atoms with Crippen molar-refractivity contribution < 1.29 is 23.5 Å². The van der Waals surface area contributed by atoms with E-state index in [1.54, 1.807) is 66.6 Å². The first-order chi connectivity index (χ1) is 24.8. The molecule has 2 aromatic heterocycles. The molecule has 3 aliphatic heterocycles. The molecule has 3 aliphatic rings. The molecule has 51 heavy (non-hydrogen) atoms. The van der Waals surface area contributed by atoms with E-state index < -0.39 is 5.82 Å². The Hall–Kier alpha value is -5.39. The number of halogens is 1. The Labute approximate surface area is 299 Å². The molecular formula is C40H36FN5O4S. The van der Waals surface area contributed by atoms with Crippen LogP contribution in [-0.2, 0) is 11.2 Å². The highest BCUT2D eigenvalue weighted by molar-refractivity contribution is 7.17. The number of pyridine rings is 1. The summed E-state index contributed by atoms with van der Waals surface area (Å²) in [7, 11) is 0. The van der Waals surface area contributed by atoms with Crippen LogP contribution in [0, 0.1) is 18.2 Å². The second-order valence-electron chi connectivity index (χ2n) is 13.4. The number of hydrogen-bond acceptors (Lipinski definition) is 7. The smallest absolute Gasteiger partial charge is 0.265 e. The third kappa shape index (κ3) is 6.28. The molecular weight excluding hydrogens is 666 g/mol. The molecule has 9 nitrogen and oxygen atoms in total. The predicted molar refractivity (Wildman–Crippen MR) is 198 cm³/mol. The van der Waals surface area contributed by atoms with Crippen LogP contribution < -0.4 is 20.4 Å². The van der Waals surface area contributed by atoms with E-state index in [2.05, 4.69) is 20.5 Å². The first-order valence-corrected chi connectivity index (χ1v) is 17.9. The lowest BCUT2D eigenvalue weighted by Gasteiger charge is -2.53. The Balaban J connectivity index is 0.968. The van der Waals surface area contributed by atoms with Gasteiger partial charge in [-0.15, -0.1) is 11.3 Å². The number of nitrogens with zero attached hydrogens (tertiary/aromatic N) is 3. The highest BCUT2D eigenvalue weighted by Crippen LogP contribution is 2.43. The van der Waals surface area contributed by atoms with E-state index in [4.69, 9.17) is 4.74 Å². The number of para-hydroxylation sites is 2. The molecule has 2 N–H and O–H groups in total. The van der Waals surface area contributed by atoms with Crippen LogP contribution in [0.1, 0.15) is 54.4 Å². The predicted octanol–water partition coefficient (Wildman–Crippen LogP) is 7.58. The van der Waals surface area contributed by atoms with Crippen LogP contribution in [0.4, 0.5) is 27.3 Å². The lowest BCUT2D eigenvalue weighted by atomic mass is 9.73. The summed E-state index contributed by atoms with van der Waals surface area (Å²) in [5, 5.41) is 5.72. The highest BCUT2D eigenvalue weighted by atomic mass is 32.1. The second-order valence-corrected chi connectivity index (χ2v) is 14.5. The van der Waals surface area contributed by atoms with Crippen LogP contribution in [-0.4, -0.2) is 55.6 Å². The maximum absolute atomic E-state index is 14.4. The van der Waals surface area contributed by atoms with E-state index in [9.17, 15) is 18.8 Å². The summed E-state index contributed by atoms with van der Waals surface area (Å²) in [5.41, 5.74) is 5.18. The van der Waals surface area contributed by atoms with Gasteiger partial charge in [0.05, 0.1) is 21.8 Å². The second kappa shape index (κ2) is 13.4. The molecule has 0 aliphatic carbocycles. The average molecular weight is 702 g/mol. The van der Waals surface area contributed by atoms with E-state index in [-0.39, 0.29) is 28.8 Å². The molecule has 2 fully saturated rings. The van der Waals surface area contributed by atoms with Gasteiger partial charge in [0.15, 0.2) is 0 Å². The number of benzene rings is 3. The van der Waals surface area contributed by atoms with Crippen LogP contribution in [0.2, 0.25) is 0 Å². The monoisotopic (exact) mass is 701 g/mol. The summed E-state index contributed by atoms with van der Waals surface area (Å²) in [5.74, 6) is -0.597. The maximum atomic E-state index is 14.4. The molecule has 0 saturated carbocycles. The number of carbonyl (C=O) groups excluding carboxylic acids is 3. The van der Waals surface area contributed by atoms with Crippen molar-refractivity contribution in [1.82, 2.24) is 4.98 Å². The molecule has 0 atom stereocenters. The lowest BCUT2D eigenvalue weighted by Crippen LogP contribution is -2.59. The van der Waals surface area contributed by atoms with Gasteiger partial charge in [-0.3, -0.25) is 14.4 Å². The number of anilines is 4. The van der Waals surface area contributed by atoms with Gasteiger partial charge in [-0.05, 0) is 91.9 Å². The van der Waals surface area contributed by atoms with Crippen LogP contribution in [0.15, 0.2) is 91.1 Å². The van der Waals surface area contributed by atoms with Gasteiger partial charge in [0.2, 0.25) is 0 Å². The molecule has 1 spiro atoms. The van der Waals surface area contributed by atoms with Crippen LogP contribution in [0.3, 0.4) is 0 Å². The number of hydrogen-bond donors (Lipinski definition) is 2. The molecule has 3 aromatic carbocycles. The maximum Gasteiger partial charge on any atom is 0.265 e. The zero-order valence-corrected chi connectivity index (χ0v) is 28.9. The standard InChI is InChI=1S/C40H36FN5O4S/c1-25-6-4-9-31(41)34(25)44-38(48)33-22-27-15-19-46(32-10-3-2-7-29(32)35(27)51-33)39(49)26-11-13-28(14-12-26)43-37(47)30-8-5-18-42-36(30)45-23-40(24-45)16-20-50-21-17-40/h2-14,18,22H,15-17,19-21,23-24H2,1H3,(H,43,47)(H,44,48). The fourth-order valence-electron chi connectivity index (χ4n) is 7.29. The zero-order valence-electron chi connectivity index (χ0n) is 28.1. The van der Waals surface area contributed by atoms with Gasteiger partial charge < -0.3 is 25.2 Å². The van der Waals surface area contributed by atoms with Gasteiger partial charge in [-0.1, -0.05) is 30.3 Å². The number of rotatable bonds is 6. The molecule has 0 unspecified atom stereocenters. The summed E-state index contributed by atoms with van der Waals surface area (Å²) >= 11 is 1.33. The van der Waals surface area contributed by atoms with Gasteiger partial charge in [0.1, 0.15) is 11.6 Å². The number of amides is 3. The Bertz CT molecular complexity index is 2130. The van der Waals surface area contributed by atoms with E-state index in [1.807, 2.05) is 30.3 Å². The summed E-state index contributed by atoms with van der Waals surface area (Å²) in [4.78, 5) is 50.5. The van der Waals surface area contributed by atoms with Crippen molar-refractivity contribution in [2.45, 2.75) is 26.2 Å². The topological polar surface area (TPSA) is 104 Å². The summed E-state index contributed by atoms with van der Waals surface area (Å²) < 4.78 is 20.0. The molecule has 11 heteroatoms. The minimum atomic E-state index is -0.482. The summed E-state index contributed by atoms with van der Waals surface area (Å²) in [6.45, 7) is 5.44. The van der Waals surface area contributed by atoms with Crippen LogP contribution >= 0.6 is 11.3 Å². The molecule has 0 radical (unpaired) electrons. The first kappa shape index (κ1) is 32.8. The molecule has 5 heterocycles. The van der Waals surface area contributed by atoms with E-state index >= 15 is 0 Å². The Morgan fingerprint density at radius 2 is 1.69 bits per heavy atom. The van der Waals surface area contributed by atoms with E-state index in [1.165, 1.54) is 17.4 Å². The molecule has 2 saturated heterocycles. The van der Waals surface area contributed by atoms with Gasteiger partial charge >= 0.3 is 0 Å². The van der Waals surface area contributed by atoms with Crippen molar-refractivity contribution in [1.29, 1.82) is 0 Å². The fraction of sp³-hybridized carbons (Fsp3) is 0.250. The van der Waals surface area contributed by atoms with Gasteiger partial charge in [-0.2, -0.15) is 0 Å². The normalized spacial score (nSPS) is 16.0. The van der Waals surface area contributed by atoms with Gasteiger partial charge in [0.25, 0.3) is 17.7 Å². The molecule has 258 valence electrons. The minimum Gasteiger partial charge on any atom is -0.381 e. The number of fused-ring (bicyclic) bond motifs is 3. The zero-order chi connectivity index (χ0) is 35.1. The van der Waals surface area contributed by atoms with Crippen molar-refractivity contribution >= 4 is 51.9 Å². The SMILES string of the molecule is Cc1cccc(F)c1NC(=O)c1cc2c(s1)-c1ccccc1N(C(=O)c1ccc(NC(=O)c3cccnc3N3CC4(CCOCC4)C3)cc1)CC2. The van der Waals surface area contributed by atoms with Crippen molar-refractivity contribution in [3.8, 4) is 10.4 Å². The molecule has 5 aromatic rings. The summed E-state index contributed by atoms with van der Waals surface area (Å²) in [6, 6.07) is 24.7. The fourth-order valence-corrected chi connectivity index (χ4v) is 8.43. The first-order valence-electron chi connectivity index (χ1n) is 17.1. The van der Waals surface area contributed by atoms with Crippen molar-refractivity contribution in [3.63, 3.8) is 0 Å². The number of ether oxygens (including phenoxy) is 1. The quantitative estimate of drug-likeness (QED) is 0.189. The molecule has 8 rings (SSSR count). The average Bonchev–Trinajstić information content (AvgIpc) is 3.50. The van der Waals surface area contributed by atoms with Crippen molar-refractivity contribution in [2.24, 2.45) is 5.41 Å². The Morgan fingerprint density at radius 3 is 2.47 bits per heavy atom. The van der Waals surface area contributed by atoms with Crippen molar-refractivity contribution in [2.75, 3.05) is 53.3 Å². The Kier molecular flexibility index (Phi) is 8.61. The van der Waals surface area contributed by atoms with Crippen LogP contribution in [0.5, 0.6) is 0 Å². The largest absolute Gasteiger partial charge is 0.381 e. The van der Waals surface area contributed by atoms with Gasteiger partial charge in [0, 0.05) is 66.2 Å². The molecule has 0 bridgehead atoms. The number of nitrogens with one attached hydrogen (secondary N) is 2. The highest BCUT2D eigenvalue weighted by Gasteiger charge is 2.45. The summed E-state index contributed by atoms with van der Waals surface area (Å²) in [6.07, 6.45) is 4.30. The van der Waals surface area contributed by atoms with E-state index in [0.29, 0.717) is 46.0 Å². The molecule has 3 amide bonds. The lowest BCUT2D eigenvalue weighted by molar-refractivity contribution is -0.000510.